The second kappa shape index (κ2) is 11.5. The van der Waals surface area contributed by atoms with Gasteiger partial charge in [-0.25, -0.2) is 0 Å². The van der Waals surface area contributed by atoms with E-state index in [4.69, 9.17) is 4.74 Å². The molecule has 1 rings (SSSR count). The molecule has 1 fully saturated rings. The number of nitrogens with one attached hydrogen (secondary N) is 1. The molecule has 21 heavy (non-hydrogen) atoms. The van der Waals surface area contributed by atoms with Gasteiger partial charge >= 0.3 is 0 Å². The molecule has 0 radical (unpaired) electrons. The van der Waals surface area contributed by atoms with Gasteiger partial charge in [0.05, 0.1) is 6.10 Å². The Bertz CT molecular complexity index is 242. The summed E-state index contributed by atoms with van der Waals surface area (Å²) in [4.78, 5) is 0. The molecule has 2 nitrogen and oxygen atoms in total. The minimum atomic E-state index is 0.448. The minimum Gasteiger partial charge on any atom is -0.377 e. The second-order valence-electron chi connectivity index (χ2n) is 7.20. The Morgan fingerprint density at radius 2 is 1.76 bits per heavy atom. The van der Waals surface area contributed by atoms with Gasteiger partial charge in [-0.1, -0.05) is 53.4 Å². The molecule has 0 amide bonds. The van der Waals surface area contributed by atoms with Crippen molar-refractivity contribution >= 4 is 0 Å². The molecule has 2 heteroatoms. The summed E-state index contributed by atoms with van der Waals surface area (Å²) in [5.74, 6) is 1.66. The molecule has 1 saturated carbocycles. The molecule has 0 aliphatic heterocycles. The predicted molar refractivity (Wildman–Crippen MR) is 92.8 cm³/mol. The van der Waals surface area contributed by atoms with E-state index in [0.717, 1.165) is 25.0 Å². The third kappa shape index (κ3) is 7.65. The Morgan fingerprint density at radius 1 is 1.00 bits per heavy atom. The van der Waals surface area contributed by atoms with Crippen molar-refractivity contribution in [1.29, 1.82) is 0 Å². The fourth-order valence-corrected chi connectivity index (χ4v) is 3.45. The molecule has 0 aromatic carbocycles. The van der Waals surface area contributed by atoms with Crippen molar-refractivity contribution in [2.75, 3.05) is 13.2 Å². The van der Waals surface area contributed by atoms with E-state index in [1.165, 1.54) is 57.8 Å². The smallest absolute Gasteiger partial charge is 0.0730 e. The SMILES string of the molecule is CCCCCCCOC1CC(C(C)C)CCC1NCCC. The summed E-state index contributed by atoms with van der Waals surface area (Å²) < 4.78 is 6.29. The Balaban J connectivity index is 2.31. The lowest BCUT2D eigenvalue weighted by atomic mass is 9.78. The van der Waals surface area contributed by atoms with Gasteiger partial charge in [0, 0.05) is 12.6 Å². The second-order valence-corrected chi connectivity index (χ2v) is 7.20. The van der Waals surface area contributed by atoms with Crippen LogP contribution < -0.4 is 5.32 Å². The lowest BCUT2D eigenvalue weighted by molar-refractivity contribution is -0.0179. The highest BCUT2D eigenvalue weighted by Crippen LogP contribution is 2.32. The van der Waals surface area contributed by atoms with Crippen LogP contribution in [0.5, 0.6) is 0 Å². The lowest BCUT2D eigenvalue weighted by Crippen LogP contribution is -2.46. The number of hydrogen-bond donors (Lipinski definition) is 1. The molecule has 0 spiro atoms. The van der Waals surface area contributed by atoms with Gasteiger partial charge in [0.1, 0.15) is 0 Å². The fraction of sp³-hybridized carbons (Fsp3) is 1.00. The zero-order valence-corrected chi connectivity index (χ0v) is 15.0. The molecular formula is C19H39NO. The minimum absolute atomic E-state index is 0.448. The van der Waals surface area contributed by atoms with Crippen LogP contribution in [-0.2, 0) is 4.74 Å². The fourth-order valence-electron chi connectivity index (χ4n) is 3.45. The van der Waals surface area contributed by atoms with E-state index in [1.807, 2.05) is 0 Å². The van der Waals surface area contributed by atoms with Crippen LogP contribution in [0, 0.1) is 11.8 Å². The van der Waals surface area contributed by atoms with Crippen LogP contribution in [0.1, 0.15) is 85.5 Å². The van der Waals surface area contributed by atoms with Gasteiger partial charge in [-0.15, -0.1) is 0 Å². The highest BCUT2D eigenvalue weighted by atomic mass is 16.5. The maximum absolute atomic E-state index is 6.29. The van der Waals surface area contributed by atoms with Crippen molar-refractivity contribution in [2.24, 2.45) is 11.8 Å². The first-order chi connectivity index (χ1) is 10.2. The van der Waals surface area contributed by atoms with Crippen molar-refractivity contribution in [3.63, 3.8) is 0 Å². The van der Waals surface area contributed by atoms with Gasteiger partial charge in [-0.05, 0) is 50.5 Å². The molecule has 0 bridgehead atoms. The first kappa shape index (κ1) is 19.0. The zero-order valence-electron chi connectivity index (χ0n) is 15.0. The van der Waals surface area contributed by atoms with E-state index in [2.05, 4.69) is 33.0 Å². The first-order valence-corrected chi connectivity index (χ1v) is 9.54. The molecule has 0 aromatic heterocycles. The molecule has 3 atom stereocenters. The molecular weight excluding hydrogens is 258 g/mol. The Morgan fingerprint density at radius 3 is 2.43 bits per heavy atom. The van der Waals surface area contributed by atoms with E-state index >= 15 is 0 Å². The van der Waals surface area contributed by atoms with E-state index in [1.54, 1.807) is 0 Å². The number of hydrogen-bond acceptors (Lipinski definition) is 2. The number of unbranched alkanes of at least 4 members (excludes halogenated alkanes) is 4. The molecule has 126 valence electrons. The number of ether oxygens (including phenoxy) is 1. The van der Waals surface area contributed by atoms with Gasteiger partial charge in [0.25, 0.3) is 0 Å². The van der Waals surface area contributed by atoms with Gasteiger partial charge in [0.15, 0.2) is 0 Å². The van der Waals surface area contributed by atoms with Crippen LogP contribution in [0.25, 0.3) is 0 Å². The van der Waals surface area contributed by atoms with E-state index in [-0.39, 0.29) is 0 Å². The van der Waals surface area contributed by atoms with E-state index < -0.39 is 0 Å². The average Bonchev–Trinajstić information content (AvgIpc) is 2.49. The predicted octanol–water partition coefficient (Wildman–Crippen LogP) is 5.17. The van der Waals surface area contributed by atoms with Crippen molar-refractivity contribution in [1.82, 2.24) is 5.32 Å². The summed E-state index contributed by atoms with van der Waals surface area (Å²) in [6.45, 7) is 11.3. The van der Waals surface area contributed by atoms with Crippen molar-refractivity contribution in [3.8, 4) is 0 Å². The summed E-state index contributed by atoms with van der Waals surface area (Å²) in [5.41, 5.74) is 0. The van der Waals surface area contributed by atoms with E-state index in [9.17, 15) is 0 Å². The monoisotopic (exact) mass is 297 g/mol. The van der Waals surface area contributed by atoms with Crippen LogP contribution in [0.15, 0.2) is 0 Å². The molecule has 1 N–H and O–H groups in total. The Kier molecular flexibility index (Phi) is 10.4. The van der Waals surface area contributed by atoms with Gasteiger partial charge < -0.3 is 10.1 Å². The molecule has 1 aliphatic rings. The summed E-state index contributed by atoms with van der Waals surface area (Å²) in [7, 11) is 0. The Hall–Kier alpha value is -0.0800. The highest BCUT2D eigenvalue weighted by Gasteiger charge is 2.31. The van der Waals surface area contributed by atoms with Crippen molar-refractivity contribution < 1.29 is 4.74 Å². The molecule has 0 heterocycles. The normalized spacial score (nSPS) is 26.4. The van der Waals surface area contributed by atoms with Crippen molar-refractivity contribution in [3.05, 3.63) is 0 Å². The summed E-state index contributed by atoms with van der Waals surface area (Å²) in [6.07, 6.45) is 12.2. The quantitative estimate of drug-likeness (QED) is 0.531. The van der Waals surface area contributed by atoms with Crippen LogP contribution in [0.4, 0.5) is 0 Å². The molecule has 1 aliphatic carbocycles. The zero-order chi connectivity index (χ0) is 15.5. The number of rotatable bonds is 11. The maximum Gasteiger partial charge on any atom is 0.0730 e. The maximum atomic E-state index is 6.29. The summed E-state index contributed by atoms with van der Waals surface area (Å²) >= 11 is 0. The topological polar surface area (TPSA) is 21.3 Å². The van der Waals surface area contributed by atoms with E-state index in [0.29, 0.717) is 12.1 Å². The van der Waals surface area contributed by atoms with Gasteiger partial charge in [-0.3, -0.25) is 0 Å². The largest absolute Gasteiger partial charge is 0.377 e. The van der Waals surface area contributed by atoms with Crippen LogP contribution in [-0.4, -0.2) is 25.3 Å². The third-order valence-electron chi connectivity index (χ3n) is 5.01. The van der Waals surface area contributed by atoms with Crippen LogP contribution >= 0.6 is 0 Å². The van der Waals surface area contributed by atoms with Crippen LogP contribution in [0.3, 0.4) is 0 Å². The molecule has 0 aromatic rings. The summed E-state index contributed by atoms with van der Waals surface area (Å²) in [6, 6.07) is 0.593. The Labute approximate surface area is 133 Å². The molecule has 3 unspecified atom stereocenters. The average molecular weight is 298 g/mol. The third-order valence-corrected chi connectivity index (χ3v) is 5.01. The van der Waals surface area contributed by atoms with Crippen molar-refractivity contribution in [2.45, 2.75) is 97.6 Å². The highest BCUT2D eigenvalue weighted by molar-refractivity contribution is 4.86. The van der Waals surface area contributed by atoms with Crippen LogP contribution in [0.2, 0.25) is 0 Å². The van der Waals surface area contributed by atoms with Gasteiger partial charge in [-0.2, -0.15) is 0 Å². The lowest BCUT2D eigenvalue weighted by Gasteiger charge is -2.38. The molecule has 0 saturated heterocycles. The van der Waals surface area contributed by atoms with Gasteiger partial charge in [0.2, 0.25) is 0 Å². The standard InChI is InChI=1S/C19H39NO/c1-5-7-8-9-10-14-21-19-15-17(16(3)4)11-12-18(19)20-13-6-2/h16-20H,5-15H2,1-4H3. The first-order valence-electron chi connectivity index (χ1n) is 9.54. The summed E-state index contributed by atoms with van der Waals surface area (Å²) in [5, 5.41) is 3.72.